The molecule has 0 heterocycles. The van der Waals surface area contributed by atoms with Crippen molar-refractivity contribution in [1.82, 2.24) is 0 Å². The van der Waals surface area contributed by atoms with Gasteiger partial charge in [-0.25, -0.2) is 0 Å². The minimum absolute atomic E-state index is 0.924. The van der Waals surface area contributed by atoms with Crippen LogP contribution in [0.4, 0.5) is 0 Å². The van der Waals surface area contributed by atoms with Crippen molar-refractivity contribution in [3.05, 3.63) is 179 Å². The molecule has 0 aliphatic heterocycles. The highest BCUT2D eigenvalue weighted by Gasteiger charge is 2.18. The zero-order chi connectivity index (χ0) is 28.3. The third kappa shape index (κ3) is 3.84. The standard InChI is InChI=1S/C43H28/c1-2-11-28(12-3-1)39-27-40(43-25-31-14-5-4-13-30(31)24-42(39)43)33-16-10-15-29(23-33)32-21-22-38-36-19-7-6-17-34(36)35-18-8-9-20-37(35)41(38)26-32/h1-26H,27H2. The lowest BCUT2D eigenvalue weighted by molar-refractivity contribution is 1.40. The van der Waals surface area contributed by atoms with Gasteiger partial charge in [0.1, 0.15) is 0 Å². The summed E-state index contributed by atoms with van der Waals surface area (Å²) in [6, 6.07) is 58.2. The number of rotatable bonds is 3. The van der Waals surface area contributed by atoms with Crippen LogP contribution in [0.15, 0.2) is 158 Å². The number of hydrogen-bond donors (Lipinski definition) is 0. The van der Waals surface area contributed by atoms with E-state index in [0.29, 0.717) is 0 Å². The summed E-state index contributed by atoms with van der Waals surface area (Å²) in [6.07, 6.45) is 0.924. The van der Waals surface area contributed by atoms with Gasteiger partial charge in [-0.15, -0.1) is 0 Å². The highest BCUT2D eigenvalue weighted by molar-refractivity contribution is 6.25. The average Bonchev–Trinajstić information content (AvgIpc) is 3.46. The molecule has 0 saturated heterocycles. The van der Waals surface area contributed by atoms with E-state index >= 15 is 0 Å². The molecule has 0 heteroatoms. The lowest BCUT2D eigenvalue weighted by Gasteiger charge is -2.13. The Balaban J connectivity index is 1.25. The van der Waals surface area contributed by atoms with Crippen LogP contribution in [0.2, 0.25) is 0 Å². The van der Waals surface area contributed by atoms with Crippen molar-refractivity contribution in [2.75, 3.05) is 0 Å². The molecule has 1 aliphatic carbocycles. The maximum Gasteiger partial charge on any atom is -0.000154 e. The fourth-order valence-corrected chi connectivity index (χ4v) is 7.24. The summed E-state index contributed by atoms with van der Waals surface area (Å²) in [4.78, 5) is 0. The van der Waals surface area contributed by atoms with Crippen molar-refractivity contribution < 1.29 is 0 Å². The molecule has 0 bridgehead atoms. The summed E-state index contributed by atoms with van der Waals surface area (Å²) >= 11 is 0. The number of hydrogen-bond acceptors (Lipinski definition) is 0. The number of benzene rings is 8. The molecule has 1 aliphatic rings. The molecule has 0 radical (unpaired) electrons. The highest BCUT2D eigenvalue weighted by Crippen LogP contribution is 2.38. The van der Waals surface area contributed by atoms with Gasteiger partial charge in [0, 0.05) is 0 Å². The minimum Gasteiger partial charge on any atom is -0.0622 e. The van der Waals surface area contributed by atoms with E-state index < -0.39 is 0 Å². The van der Waals surface area contributed by atoms with Gasteiger partial charge in [-0.1, -0.05) is 133 Å². The van der Waals surface area contributed by atoms with E-state index in [1.165, 1.54) is 86.9 Å². The molecule has 0 spiro atoms. The first-order valence-corrected chi connectivity index (χ1v) is 15.1. The van der Waals surface area contributed by atoms with Crippen molar-refractivity contribution in [1.29, 1.82) is 0 Å². The van der Waals surface area contributed by atoms with Gasteiger partial charge in [0.15, 0.2) is 0 Å². The van der Waals surface area contributed by atoms with Gasteiger partial charge < -0.3 is 0 Å². The second-order valence-electron chi connectivity index (χ2n) is 11.7. The summed E-state index contributed by atoms with van der Waals surface area (Å²) in [5.41, 5.74) is 7.91. The molecular weight excluding hydrogens is 516 g/mol. The van der Waals surface area contributed by atoms with Crippen LogP contribution < -0.4 is 10.4 Å². The van der Waals surface area contributed by atoms with Crippen molar-refractivity contribution in [2.45, 2.75) is 6.42 Å². The first-order valence-electron chi connectivity index (χ1n) is 15.1. The van der Waals surface area contributed by atoms with E-state index in [9.17, 15) is 0 Å². The van der Waals surface area contributed by atoms with Crippen LogP contribution in [-0.2, 0) is 0 Å². The lowest BCUT2D eigenvalue weighted by atomic mass is 9.91. The van der Waals surface area contributed by atoms with Crippen LogP contribution in [0, 0.1) is 0 Å². The monoisotopic (exact) mass is 544 g/mol. The van der Waals surface area contributed by atoms with Gasteiger partial charge in [0.25, 0.3) is 0 Å². The van der Waals surface area contributed by atoms with Crippen LogP contribution in [0.5, 0.6) is 0 Å². The Labute approximate surface area is 250 Å². The maximum atomic E-state index is 2.40. The van der Waals surface area contributed by atoms with Crippen LogP contribution in [0.1, 0.15) is 17.5 Å². The van der Waals surface area contributed by atoms with E-state index in [2.05, 4.69) is 158 Å². The Hall–Kier alpha value is -5.46. The summed E-state index contributed by atoms with van der Waals surface area (Å²) < 4.78 is 0. The molecule has 0 N–H and O–H groups in total. The zero-order valence-electron chi connectivity index (χ0n) is 23.7. The fraction of sp³-hybridized carbons (Fsp3) is 0.0233. The summed E-state index contributed by atoms with van der Waals surface area (Å²) in [7, 11) is 0. The Kier molecular flexibility index (Phi) is 5.36. The van der Waals surface area contributed by atoms with Crippen LogP contribution >= 0.6 is 0 Å². The zero-order valence-corrected chi connectivity index (χ0v) is 23.7. The fourth-order valence-electron chi connectivity index (χ4n) is 7.24. The predicted molar refractivity (Wildman–Crippen MR) is 184 cm³/mol. The second kappa shape index (κ2) is 9.54. The lowest BCUT2D eigenvalue weighted by Crippen LogP contribution is -2.24. The van der Waals surface area contributed by atoms with Crippen molar-refractivity contribution in [2.24, 2.45) is 0 Å². The maximum absolute atomic E-state index is 2.40. The Morgan fingerprint density at radius 3 is 1.40 bits per heavy atom. The van der Waals surface area contributed by atoms with E-state index in [1.807, 2.05) is 0 Å². The van der Waals surface area contributed by atoms with Gasteiger partial charge in [-0.3, -0.25) is 0 Å². The molecule has 0 amide bonds. The van der Waals surface area contributed by atoms with Crippen LogP contribution in [0.25, 0.3) is 65.4 Å². The summed E-state index contributed by atoms with van der Waals surface area (Å²) in [5, 5.41) is 13.1. The Morgan fingerprint density at radius 2 is 0.744 bits per heavy atom. The largest absolute Gasteiger partial charge is 0.0622 e. The van der Waals surface area contributed by atoms with E-state index in [1.54, 1.807) is 0 Å². The molecule has 43 heavy (non-hydrogen) atoms. The van der Waals surface area contributed by atoms with E-state index in [4.69, 9.17) is 0 Å². The highest BCUT2D eigenvalue weighted by atomic mass is 14.2. The predicted octanol–water partition coefficient (Wildman–Crippen LogP) is 9.77. The van der Waals surface area contributed by atoms with Crippen LogP contribution in [-0.4, -0.2) is 0 Å². The molecule has 0 nitrogen and oxygen atoms in total. The minimum atomic E-state index is 0.924. The molecule has 0 unspecified atom stereocenters. The third-order valence-electron chi connectivity index (χ3n) is 9.30. The molecule has 200 valence electrons. The smallest absolute Gasteiger partial charge is 0.000154 e. The number of fused-ring (bicyclic) bond motifs is 8. The van der Waals surface area contributed by atoms with Crippen molar-refractivity contribution in [3.63, 3.8) is 0 Å². The van der Waals surface area contributed by atoms with Crippen molar-refractivity contribution in [3.8, 4) is 11.1 Å². The van der Waals surface area contributed by atoms with Gasteiger partial charge >= 0.3 is 0 Å². The Bertz CT molecular complexity index is 2480. The molecule has 0 saturated carbocycles. The normalized spacial score (nSPS) is 12.9. The summed E-state index contributed by atoms with van der Waals surface area (Å²) in [5.74, 6) is 0. The molecule has 0 aromatic heterocycles. The quantitative estimate of drug-likeness (QED) is 0.194. The second-order valence-corrected chi connectivity index (χ2v) is 11.7. The van der Waals surface area contributed by atoms with Crippen molar-refractivity contribution >= 4 is 54.2 Å². The average molecular weight is 545 g/mol. The first-order chi connectivity index (χ1) is 21.3. The van der Waals surface area contributed by atoms with Gasteiger partial charge in [-0.2, -0.15) is 0 Å². The molecule has 0 atom stereocenters. The van der Waals surface area contributed by atoms with Crippen LogP contribution in [0.3, 0.4) is 0 Å². The third-order valence-corrected chi connectivity index (χ3v) is 9.30. The molecule has 8 aromatic rings. The SMILES string of the molecule is c1ccc(C2=c3cc4ccccc4cc3=C(c3cccc(-c4ccc5c6ccccc6c6ccccc6c5c4)c3)C2)cc1. The molecule has 9 rings (SSSR count). The molecule has 8 aromatic carbocycles. The molecular formula is C43H28. The van der Waals surface area contributed by atoms with E-state index in [-0.39, 0.29) is 0 Å². The van der Waals surface area contributed by atoms with Gasteiger partial charge in [0.2, 0.25) is 0 Å². The van der Waals surface area contributed by atoms with Gasteiger partial charge in [-0.05, 0) is 118 Å². The topological polar surface area (TPSA) is 0 Å². The van der Waals surface area contributed by atoms with Gasteiger partial charge in [0.05, 0.1) is 0 Å². The van der Waals surface area contributed by atoms with E-state index in [0.717, 1.165) is 6.42 Å². The Morgan fingerprint density at radius 1 is 0.279 bits per heavy atom. The first kappa shape index (κ1) is 24.2. The summed E-state index contributed by atoms with van der Waals surface area (Å²) in [6.45, 7) is 0. The molecule has 0 fully saturated rings.